The van der Waals surface area contributed by atoms with E-state index in [9.17, 15) is 22.0 Å². The zero-order valence-electron chi connectivity index (χ0n) is 13.3. The van der Waals surface area contributed by atoms with Gasteiger partial charge in [0.1, 0.15) is 11.6 Å². The number of nitrogens with zero attached hydrogens (tertiary/aromatic N) is 1. The summed E-state index contributed by atoms with van der Waals surface area (Å²) in [4.78, 5) is 10.9. The number of hydrogen-bond acceptors (Lipinski definition) is 4. The summed E-state index contributed by atoms with van der Waals surface area (Å²) in [6.07, 6.45) is 0.878. The number of rotatable bonds is 3. The first-order valence-corrected chi connectivity index (χ1v) is 8.99. The highest BCUT2D eigenvalue weighted by atomic mass is 32.2. The van der Waals surface area contributed by atoms with E-state index in [2.05, 4.69) is 0 Å². The third-order valence-electron chi connectivity index (χ3n) is 4.08. The molecule has 8 heteroatoms. The highest BCUT2D eigenvalue weighted by Crippen LogP contribution is 2.35. The van der Waals surface area contributed by atoms with E-state index in [0.717, 1.165) is 22.5 Å². The number of carbonyl (C=O) groups excluding carboxylic acids is 1. The summed E-state index contributed by atoms with van der Waals surface area (Å²) in [5.74, 6) is -2.90. The second-order valence-electron chi connectivity index (χ2n) is 5.53. The molecule has 2 aromatic carbocycles. The first kappa shape index (κ1) is 17.3. The van der Waals surface area contributed by atoms with Crippen molar-refractivity contribution in [2.75, 3.05) is 18.0 Å². The lowest BCUT2D eigenvalue weighted by Gasteiger charge is -2.31. The van der Waals surface area contributed by atoms with Crippen molar-refractivity contribution in [3.8, 4) is 0 Å². The van der Waals surface area contributed by atoms with Gasteiger partial charge in [0.15, 0.2) is 4.90 Å². The van der Waals surface area contributed by atoms with Gasteiger partial charge >= 0.3 is 5.97 Å². The average Bonchev–Trinajstić information content (AvgIpc) is 2.59. The Hall–Kier alpha value is -2.48. The highest BCUT2D eigenvalue weighted by Gasteiger charge is 2.34. The molecule has 0 unspecified atom stereocenters. The van der Waals surface area contributed by atoms with Crippen LogP contribution in [0.5, 0.6) is 0 Å². The van der Waals surface area contributed by atoms with E-state index in [0.29, 0.717) is 18.4 Å². The summed E-state index contributed by atoms with van der Waals surface area (Å²) in [5.41, 5.74) is 0.964. The second-order valence-corrected chi connectivity index (χ2v) is 7.33. The third kappa shape index (κ3) is 2.86. The summed E-state index contributed by atoms with van der Waals surface area (Å²) >= 11 is 0. The van der Waals surface area contributed by atoms with Gasteiger partial charge in [-0.2, -0.15) is 0 Å². The minimum Gasteiger partial charge on any atom is -0.465 e. The minimum absolute atomic E-state index is 0.0632. The maximum Gasteiger partial charge on any atom is 0.338 e. The average molecular weight is 367 g/mol. The third-order valence-corrected chi connectivity index (χ3v) is 5.95. The highest BCUT2D eigenvalue weighted by molar-refractivity contribution is 7.92. The van der Waals surface area contributed by atoms with Crippen molar-refractivity contribution in [3.63, 3.8) is 0 Å². The molecule has 1 aliphatic rings. The number of anilines is 1. The van der Waals surface area contributed by atoms with Crippen LogP contribution in [0.2, 0.25) is 0 Å². The number of hydrogen-bond donors (Lipinski definition) is 0. The van der Waals surface area contributed by atoms with Crippen molar-refractivity contribution < 1.29 is 26.7 Å². The van der Waals surface area contributed by atoms with Gasteiger partial charge in [0, 0.05) is 6.54 Å². The Morgan fingerprint density at radius 1 is 1.12 bits per heavy atom. The van der Waals surface area contributed by atoms with Crippen molar-refractivity contribution in [1.29, 1.82) is 0 Å². The van der Waals surface area contributed by atoms with Crippen LogP contribution in [-0.2, 0) is 21.2 Å². The van der Waals surface area contributed by atoms with Crippen molar-refractivity contribution in [2.45, 2.75) is 17.7 Å². The zero-order chi connectivity index (χ0) is 18.2. The van der Waals surface area contributed by atoms with Gasteiger partial charge in [0.2, 0.25) is 0 Å². The standard InChI is InChI=1S/C17H15F2NO4S/c1-24-17(21)12-5-2-9-15-11(12)6-4-10-20(15)25(22,23)16-13(18)7-3-8-14(16)19/h2-3,5,7-9H,4,6,10H2,1H3. The van der Waals surface area contributed by atoms with E-state index < -0.39 is 32.5 Å². The van der Waals surface area contributed by atoms with E-state index in [-0.39, 0.29) is 17.8 Å². The predicted molar refractivity (Wildman–Crippen MR) is 87.0 cm³/mol. The maximum absolute atomic E-state index is 14.0. The summed E-state index contributed by atoms with van der Waals surface area (Å²) in [6.45, 7) is 0.0632. The van der Waals surface area contributed by atoms with Crippen LogP contribution in [0.4, 0.5) is 14.5 Å². The van der Waals surface area contributed by atoms with E-state index in [1.54, 1.807) is 0 Å². The number of carbonyl (C=O) groups is 1. The van der Waals surface area contributed by atoms with Crippen LogP contribution in [0.25, 0.3) is 0 Å². The molecule has 0 bridgehead atoms. The number of ether oxygens (including phenoxy) is 1. The molecule has 2 aromatic rings. The fraction of sp³-hybridized carbons (Fsp3) is 0.235. The van der Waals surface area contributed by atoms with E-state index in [1.807, 2.05) is 0 Å². The zero-order valence-corrected chi connectivity index (χ0v) is 14.1. The second kappa shape index (κ2) is 6.44. The molecule has 0 saturated heterocycles. The molecule has 0 radical (unpaired) electrons. The largest absolute Gasteiger partial charge is 0.465 e. The molecule has 0 saturated carbocycles. The van der Waals surface area contributed by atoms with Crippen LogP contribution in [0.1, 0.15) is 22.3 Å². The molecule has 1 aliphatic heterocycles. The van der Waals surface area contributed by atoms with Gasteiger partial charge in [-0.15, -0.1) is 0 Å². The number of methoxy groups -OCH3 is 1. The molecular weight excluding hydrogens is 352 g/mol. The van der Waals surface area contributed by atoms with Gasteiger partial charge in [-0.05, 0) is 42.7 Å². The lowest BCUT2D eigenvalue weighted by Crippen LogP contribution is -2.37. The van der Waals surface area contributed by atoms with Crippen LogP contribution >= 0.6 is 0 Å². The van der Waals surface area contributed by atoms with Gasteiger partial charge in [-0.3, -0.25) is 4.31 Å². The molecule has 0 aromatic heterocycles. The maximum atomic E-state index is 14.0. The molecule has 132 valence electrons. The van der Waals surface area contributed by atoms with E-state index >= 15 is 0 Å². The Labute approximate surface area is 143 Å². The number of benzene rings is 2. The van der Waals surface area contributed by atoms with Crippen LogP contribution < -0.4 is 4.31 Å². The van der Waals surface area contributed by atoms with E-state index in [4.69, 9.17) is 4.74 Å². The summed E-state index contributed by atoms with van der Waals surface area (Å²) in [7, 11) is -3.22. The van der Waals surface area contributed by atoms with Gasteiger partial charge in [0.05, 0.1) is 18.4 Å². The predicted octanol–water partition coefficient (Wildman–Crippen LogP) is 2.89. The quantitative estimate of drug-likeness (QED) is 0.783. The molecule has 0 aliphatic carbocycles. The van der Waals surface area contributed by atoms with Gasteiger partial charge in [0.25, 0.3) is 10.0 Å². The monoisotopic (exact) mass is 367 g/mol. The summed E-state index contributed by atoms with van der Waals surface area (Å²) in [5, 5.41) is 0. The number of fused-ring (bicyclic) bond motifs is 1. The number of esters is 1. The molecule has 0 N–H and O–H groups in total. The number of sulfonamides is 1. The minimum atomic E-state index is -4.45. The Morgan fingerprint density at radius 2 is 1.76 bits per heavy atom. The van der Waals surface area contributed by atoms with Crippen molar-refractivity contribution in [1.82, 2.24) is 0 Å². The van der Waals surface area contributed by atoms with Crippen LogP contribution in [0, 0.1) is 11.6 Å². The molecule has 3 rings (SSSR count). The smallest absolute Gasteiger partial charge is 0.338 e. The van der Waals surface area contributed by atoms with Crippen LogP contribution in [-0.4, -0.2) is 28.0 Å². The molecule has 25 heavy (non-hydrogen) atoms. The molecule has 0 spiro atoms. The molecule has 0 fully saturated rings. The molecular formula is C17H15F2NO4S. The van der Waals surface area contributed by atoms with Gasteiger partial charge in [-0.25, -0.2) is 22.0 Å². The molecule has 0 atom stereocenters. The molecule has 5 nitrogen and oxygen atoms in total. The Balaban J connectivity index is 2.17. The normalized spacial score (nSPS) is 14.1. The topological polar surface area (TPSA) is 63.7 Å². The fourth-order valence-corrected chi connectivity index (χ4v) is 4.63. The van der Waals surface area contributed by atoms with E-state index in [1.165, 1.54) is 25.3 Å². The van der Waals surface area contributed by atoms with Crippen molar-refractivity contribution in [3.05, 3.63) is 59.2 Å². The lowest BCUT2D eigenvalue weighted by molar-refractivity contribution is 0.0599. The molecule has 1 heterocycles. The van der Waals surface area contributed by atoms with Crippen molar-refractivity contribution in [2.24, 2.45) is 0 Å². The van der Waals surface area contributed by atoms with Crippen molar-refractivity contribution >= 4 is 21.7 Å². The van der Waals surface area contributed by atoms with Crippen LogP contribution in [0.3, 0.4) is 0 Å². The molecule has 0 amide bonds. The van der Waals surface area contributed by atoms with Gasteiger partial charge < -0.3 is 4.74 Å². The Morgan fingerprint density at radius 3 is 2.40 bits per heavy atom. The summed E-state index contributed by atoms with van der Waals surface area (Å²) in [6, 6.07) is 7.44. The Bertz CT molecular complexity index is 923. The first-order chi connectivity index (χ1) is 11.9. The first-order valence-electron chi connectivity index (χ1n) is 7.55. The Kier molecular flexibility index (Phi) is 4.47. The number of halogens is 2. The SMILES string of the molecule is COC(=O)c1cccc2c1CCCN2S(=O)(=O)c1c(F)cccc1F. The lowest BCUT2D eigenvalue weighted by atomic mass is 9.98. The van der Waals surface area contributed by atoms with Crippen LogP contribution in [0.15, 0.2) is 41.3 Å². The fourth-order valence-electron chi connectivity index (χ4n) is 2.98. The summed E-state index contributed by atoms with van der Waals surface area (Å²) < 4.78 is 59.4. The van der Waals surface area contributed by atoms with Gasteiger partial charge in [-0.1, -0.05) is 12.1 Å².